The maximum Gasteiger partial charge on any atom is 0.156 e. The molecule has 0 saturated carbocycles. The zero-order valence-electron chi connectivity index (χ0n) is 16.0. The van der Waals surface area contributed by atoms with Gasteiger partial charge < -0.3 is 4.90 Å². The van der Waals surface area contributed by atoms with Gasteiger partial charge in [0.15, 0.2) is 5.82 Å². The fourth-order valence-corrected chi connectivity index (χ4v) is 2.97. The van der Waals surface area contributed by atoms with Crippen LogP contribution < -0.4 is 4.90 Å². The number of hydrogen-bond donors (Lipinski definition) is 0. The van der Waals surface area contributed by atoms with Crippen LogP contribution in [0.5, 0.6) is 0 Å². The number of rotatable bonds is 5. The van der Waals surface area contributed by atoms with Crippen LogP contribution in [0.2, 0.25) is 0 Å². The highest BCUT2D eigenvalue weighted by Crippen LogP contribution is 2.26. The van der Waals surface area contributed by atoms with Gasteiger partial charge in [-0.3, -0.25) is 0 Å². The molecule has 0 amide bonds. The lowest BCUT2D eigenvalue weighted by atomic mass is 10.1. The molecule has 0 aliphatic carbocycles. The summed E-state index contributed by atoms with van der Waals surface area (Å²) in [5, 5.41) is 4.80. The summed E-state index contributed by atoms with van der Waals surface area (Å²) < 4.78 is 1.88. The summed E-state index contributed by atoms with van der Waals surface area (Å²) in [6.07, 6.45) is 1.88. The van der Waals surface area contributed by atoms with E-state index in [0.717, 1.165) is 34.0 Å². The number of anilines is 1. The molecule has 0 fully saturated rings. The van der Waals surface area contributed by atoms with E-state index in [4.69, 9.17) is 10.1 Å². The van der Waals surface area contributed by atoms with Crippen LogP contribution in [0.1, 0.15) is 5.56 Å². The van der Waals surface area contributed by atoms with Crippen molar-refractivity contribution in [2.45, 2.75) is 0 Å². The molecule has 4 aromatic rings. The maximum atomic E-state index is 4.80. The van der Waals surface area contributed by atoms with Crippen molar-refractivity contribution < 1.29 is 0 Å². The Kier molecular flexibility index (Phi) is 5.02. The quantitative estimate of drug-likeness (QED) is 0.446. The Morgan fingerprint density at radius 2 is 1.46 bits per heavy atom. The SMILES string of the molecule is CN(C)c1ccc(/C=N/c2cc(-c3ccccc3)nn2-c2ccccc2)cc1. The molecule has 0 bridgehead atoms. The molecule has 0 unspecified atom stereocenters. The van der Waals surface area contributed by atoms with Crippen molar-refractivity contribution in [3.63, 3.8) is 0 Å². The van der Waals surface area contributed by atoms with Gasteiger partial charge in [-0.15, -0.1) is 0 Å². The predicted molar refractivity (Wildman–Crippen MR) is 117 cm³/mol. The van der Waals surface area contributed by atoms with Crippen molar-refractivity contribution >= 4 is 17.7 Å². The third-order valence-electron chi connectivity index (χ3n) is 4.52. The van der Waals surface area contributed by atoms with Crippen molar-refractivity contribution in [3.05, 3.63) is 96.6 Å². The zero-order valence-corrected chi connectivity index (χ0v) is 16.0. The van der Waals surface area contributed by atoms with Crippen LogP contribution >= 0.6 is 0 Å². The highest BCUT2D eigenvalue weighted by Gasteiger charge is 2.10. The lowest BCUT2D eigenvalue weighted by Gasteiger charge is -2.11. The number of nitrogens with zero attached hydrogens (tertiary/aromatic N) is 4. The van der Waals surface area contributed by atoms with Crippen LogP contribution in [0, 0.1) is 0 Å². The minimum absolute atomic E-state index is 0.793. The Bertz CT molecular complexity index is 1060. The molecule has 4 heteroatoms. The summed E-state index contributed by atoms with van der Waals surface area (Å²) >= 11 is 0. The van der Waals surface area contributed by atoms with Crippen molar-refractivity contribution in [2.24, 2.45) is 4.99 Å². The summed E-state index contributed by atoms with van der Waals surface area (Å²) in [7, 11) is 4.07. The first kappa shape index (κ1) is 17.7. The van der Waals surface area contributed by atoms with Gasteiger partial charge in [0.25, 0.3) is 0 Å². The molecular formula is C24H22N4. The number of aromatic nitrogens is 2. The third kappa shape index (κ3) is 3.86. The molecule has 3 aromatic carbocycles. The van der Waals surface area contributed by atoms with Crippen LogP contribution in [0.4, 0.5) is 11.5 Å². The van der Waals surface area contributed by atoms with Gasteiger partial charge in [-0.05, 0) is 29.8 Å². The topological polar surface area (TPSA) is 33.4 Å². The molecule has 0 aliphatic rings. The van der Waals surface area contributed by atoms with Gasteiger partial charge in [-0.2, -0.15) is 5.10 Å². The number of hydrogen-bond acceptors (Lipinski definition) is 3. The monoisotopic (exact) mass is 366 g/mol. The van der Waals surface area contributed by atoms with Gasteiger partial charge in [-0.1, -0.05) is 60.7 Å². The Labute approximate surface area is 165 Å². The molecule has 0 atom stereocenters. The second-order valence-electron chi connectivity index (χ2n) is 6.75. The number of aliphatic imine (C=N–C) groups is 1. The maximum absolute atomic E-state index is 4.80. The van der Waals surface area contributed by atoms with Gasteiger partial charge in [0.1, 0.15) is 0 Å². The predicted octanol–water partition coefficient (Wildman–Crippen LogP) is 5.36. The van der Waals surface area contributed by atoms with Crippen molar-refractivity contribution in [1.82, 2.24) is 9.78 Å². The highest BCUT2D eigenvalue weighted by atomic mass is 15.3. The Hall–Kier alpha value is -3.66. The highest BCUT2D eigenvalue weighted by molar-refractivity contribution is 5.82. The van der Waals surface area contributed by atoms with E-state index in [2.05, 4.69) is 41.3 Å². The van der Waals surface area contributed by atoms with E-state index in [9.17, 15) is 0 Å². The average Bonchev–Trinajstić information content (AvgIpc) is 3.18. The molecule has 0 radical (unpaired) electrons. The summed E-state index contributed by atoms with van der Waals surface area (Å²) in [5.41, 5.74) is 5.17. The van der Waals surface area contributed by atoms with Crippen LogP contribution in [0.25, 0.3) is 16.9 Å². The Morgan fingerprint density at radius 3 is 2.11 bits per heavy atom. The molecule has 0 N–H and O–H groups in total. The van der Waals surface area contributed by atoms with Gasteiger partial charge in [0.2, 0.25) is 0 Å². The smallest absolute Gasteiger partial charge is 0.156 e. The minimum atomic E-state index is 0.793. The zero-order chi connectivity index (χ0) is 19.3. The van der Waals surface area contributed by atoms with Crippen LogP contribution in [0.15, 0.2) is 96.0 Å². The van der Waals surface area contributed by atoms with E-state index < -0.39 is 0 Å². The molecule has 4 rings (SSSR count). The first-order valence-electron chi connectivity index (χ1n) is 9.23. The molecule has 0 aliphatic heterocycles. The van der Waals surface area contributed by atoms with Gasteiger partial charge in [0.05, 0.1) is 11.4 Å². The molecule has 138 valence electrons. The Balaban J connectivity index is 1.71. The molecule has 4 nitrogen and oxygen atoms in total. The number of benzene rings is 3. The third-order valence-corrected chi connectivity index (χ3v) is 4.52. The summed E-state index contributed by atoms with van der Waals surface area (Å²) in [4.78, 5) is 6.82. The lowest BCUT2D eigenvalue weighted by Crippen LogP contribution is -2.08. The van der Waals surface area contributed by atoms with Crippen molar-refractivity contribution in [1.29, 1.82) is 0 Å². The average molecular weight is 366 g/mol. The van der Waals surface area contributed by atoms with Gasteiger partial charge in [0, 0.05) is 37.6 Å². The van der Waals surface area contributed by atoms with E-state index in [1.54, 1.807) is 0 Å². The molecule has 28 heavy (non-hydrogen) atoms. The summed E-state index contributed by atoms with van der Waals surface area (Å²) in [6.45, 7) is 0. The van der Waals surface area contributed by atoms with Crippen LogP contribution in [-0.2, 0) is 0 Å². The first-order chi connectivity index (χ1) is 13.7. The normalized spacial score (nSPS) is 11.1. The lowest BCUT2D eigenvalue weighted by molar-refractivity contribution is 0.885. The van der Waals surface area contributed by atoms with E-state index in [1.807, 2.05) is 79.6 Å². The van der Waals surface area contributed by atoms with Crippen LogP contribution in [0.3, 0.4) is 0 Å². The van der Waals surface area contributed by atoms with E-state index in [0.29, 0.717) is 0 Å². The summed E-state index contributed by atoms with van der Waals surface area (Å²) in [5.74, 6) is 0.793. The standard InChI is InChI=1S/C24H22N4/c1-27(2)21-15-13-19(14-16-21)18-25-24-17-23(20-9-5-3-6-10-20)26-28(24)22-11-7-4-8-12-22/h3-18H,1-2H3/b25-18+. The first-order valence-corrected chi connectivity index (χ1v) is 9.23. The molecule has 1 aromatic heterocycles. The number of para-hydroxylation sites is 1. The second kappa shape index (κ2) is 7.92. The molecule has 0 saturated heterocycles. The van der Waals surface area contributed by atoms with Crippen molar-refractivity contribution in [3.8, 4) is 16.9 Å². The van der Waals surface area contributed by atoms with Gasteiger partial charge >= 0.3 is 0 Å². The minimum Gasteiger partial charge on any atom is -0.378 e. The second-order valence-corrected chi connectivity index (χ2v) is 6.75. The summed E-state index contributed by atoms with van der Waals surface area (Å²) in [6, 6.07) is 30.6. The van der Waals surface area contributed by atoms with Gasteiger partial charge in [-0.25, -0.2) is 9.67 Å². The molecular weight excluding hydrogens is 344 g/mol. The van der Waals surface area contributed by atoms with Crippen molar-refractivity contribution in [2.75, 3.05) is 19.0 Å². The van der Waals surface area contributed by atoms with E-state index >= 15 is 0 Å². The Morgan fingerprint density at radius 1 is 0.821 bits per heavy atom. The fraction of sp³-hybridized carbons (Fsp3) is 0.0833. The van der Waals surface area contributed by atoms with E-state index in [1.165, 1.54) is 0 Å². The fourth-order valence-electron chi connectivity index (χ4n) is 2.97. The molecule has 1 heterocycles. The van der Waals surface area contributed by atoms with E-state index in [-0.39, 0.29) is 0 Å². The molecule has 0 spiro atoms. The van der Waals surface area contributed by atoms with Crippen LogP contribution in [-0.4, -0.2) is 30.1 Å². The largest absolute Gasteiger partial charge is 0.378 e.